The fourth-order valence-corrected chi connectivity index (χ4v) is 2.67. The Morgan fingerprint density at radius 3 is 2.47 bits per heavy atom. The van der Waals surface area contributed by atoms with Crippen LogP contribution in [0.3, 0.4) is 0 Å². The van der Waals surface area contributed by atoms with Gasteiger partial charge in [0.2, 0.25) is 0 Å². The number of para-hydroxylation sites is 1. The highest BCUT2D eigenvalue weighted by molar-refractivity contribution is 7.71. The molecule has 1 N–H and O–H groups in total. The Labute approximate surface area is 110 Å². The van der Waals surface area contributed by atoms with Gasteiger partial charge in [-0.15, -0.1) is 0 Å². The van der Waals surface area contributed by atoms with E-state index in [0.717, 1.165) is 0 Å². The molecule has 100 valence electrons. The third kappa shape index (κ3) is 1.64. The predicted octanol–water partition coefficient (Wildman–Crippen LogP) is 3.11. The number of rotatable bonds is 1. The maximum atomic E-state index is 13.1. The van der Waals surface area contributed by atoms with E-state index in [9.17, 15) is 18.0 Å². The van der Waals surface area contributed by atoms with E-state index in [1.807, 2.05) is 0 Å². The van der Waals surface area contributed by atoms with Gasteiger partial charge in [-0.05, 0) is 37.2 Å². The van der Waals surface area contributed by atoms with Crippen LogP contribution in [0.1, 0.15) is 12.8 Å². The summed E-state index contributed by atoms with van der Waals surface area (Å²) in [7, 11) is 0. The van der Waals surface area contributed by atoms with E-state index in [-0.39, 0.29) is 23.0 Å². The molecule has 19 heavy (non-hydrogen) atoms. The first-order valence-corrected chi connectivity index (χ1v) is 6.09. The SMILES string of the molecule is O=c1c2ccccc2[nH]c(=S)n1C1(C(F)(F)F)CC1. The third-order valence-electron chi connectivity index (χ3n) is 3.48. The fourth-order valence-electron chi connectivity index (χ4n) is 2.30. The molecule has 1 aromatic heterocycles. The van der Waals surface area contributed by atoms with Crippen LogP contribution in [0.5, 0.6) is 0 Å². The summed E-state index contributed by atoms with van der Waals surface area (Å²) in [6.07, 6.45) is -4.68. The van der Waals surface area contributed by atoms with Gasteiger partial charge >= 0.3 is 6.18 Å². The van der Waals surface area contributed by atoms with Gasteiger partial charge in [-0.2, -0.15) is 13.2 Å². The highest BCUT2D eigenvalue weighted by Crippen LogP contribution is 2.54. The molecular formula is C12H9F3N2OS. The normalized spacial score (nSPS) is 17.6. The summed E-state index contributed by atoms with van der Waals surface area (Å²) in [5, 5.41) is 0.214. The maximum Gasteiger partial charge on any atom is 0.412 e. The summed E-state index contributed by atoms with van der Waals surface area (Å²) >= 11 is 4.93. The zero-order valence-corrected chi connectivity index (χ0v) is 10.4. The Kier molecular flexibility index (Phi) is 2.41. The van der Waals surface area contributed by atoms with Crippen molar-refractivity contribution in [2.24, 2.45) is 0 Å². The second-order valence-corrected chi connectivity index (χ2v) is 5.03. The van der Waals surface area contributed by atoms with Crippen LogP contribution in [0.15, 0.2) is 29.1 Å². The summed E-state index contributed by atoms with van der Waals surface area (Å²) in [6, 6.07) is 6.40. The molecule has 0 unspecified atom stereocenters. The van der Waals surface area contributed by atoms with Gasteiger partial charge in [0.1, 0.15) is 5.54 Å². The van der Waals surface area contributed by atoms with Gasteiger partial charge in [0.25, 0.3) is 5.56 Å². The van der Waals surface area contributed by atoms with Gasteiger partial charge in [0.15, 0.2) is 4.77 Å². The molecule has 0 radical (unpaired) electrons. The zero-order chi connectivity index (χ0) is 13.8. The lowest BCUT2D eigenvalue weighted by molar-refractivity contribution is -0.181. The van der Waals surface area contributed by atoms with Crippen LogP contribution < -0.4 is 5.56 Å². The number of halogens is 3. The van der Waals surface area contributed by atoms with Crippen LogP contribution in [-0.2, 0) is 5.54 Å². The van der Waals surface area contributed by atoms with Crippen molar-refractivity contribution >= 4 is 23.1 Å². The highest BCUT2D eigenvalue weighted by atomic mass is 32.1. The Bertz CT molecular complexity index is 771. The van der Waals surface area contributed by atoms with Gasteiger partial charge in [0, 0.05) is 0 Å². The number of hydrogen-bond donors (Lipinski definition) is 1. The number of nitrogens with one attached hydrogen (secondary N) is 1. The number of alkyl halides is 3. The molecule has 0 aliphatic heterocycles. The van der Waals surface area contributed by atoms with E-state index >= 15 is 0 Å². The molecule has 0 bridgehead atoms. The third-order valence-corrected chi connectivity index (χ3v) is 3.77. The van der Waals surface area contributed by atoms with Crippen molar-refractivity contribution in [2.75, 3.05) is 0 Å². The fraction of sp³-hybridized carbons (Fsp3) is 0.333. The Balaban J connectivity index is 2.38. The van der Waals surface area contributed by atoms with E-state index in [1.165, 1.54) is 6.07 Å². The van der Waals surface area contributed by atoms with Crippen LogP contribution in [-0.4, -0.2) is 15.7 Å². The van der Waals surface area contributed by atoms with Crippen molar-refractivity contribution in [3.63, 3.8) is 0 Å². The van der Waals surface area contributed by atoms with E-state index in [0.29, 0.717) is 10.1 Å². The van der Waals surface area contributed by atoms with E-state index < -0.39 is 17.3 Å². The smallest absolute Gasteiger partial charge is 0.332 e. The lowest BCUT2D eigenvalue weighted by Crippen LogP contribution is -2.42. The first kappa shape index (κ1) is 12.4. The molecule has 1 aliphatic rings. The van der Waals surface area contributed by atoms with Crippen LogP contribution in [0.2, 0.25) is 0 Å². The minimum absolute atomic E-state index is 0.105. The number of nitrogens with zero attached hydrogens (tertiary/aromatic N) is 1. The molecule has 1 fully saturated rings. The van der Waals surface area contributed by atoms with Gasteiger partial charge in [0.05, 0.1) is 10.9 Å². The van der Waals surface area contributed by atoms with Gasteiger partial charge in [-0.3, -0.25) is 9.36 Å². The molecule has 0 atom stereocenters. The summed E-state index contributed by atoms with van der Waals surface area (Å²) in [5.41, 5.74) is -2.36. The average molecular weight is 286 g/mol. The van der Waals surface area contributed by atoms with Crippen molar-refractivity contribution in [3.8, 4) is 0 Å². The summed E-state index contributed by atoms with van der Waals surface area (Å²) < 4.78 is 39.9. The molecule has 2 aromatic rings. The number of benzene rings is 1. The highest BCUT2D eigenvalue weighted by Gasteiger charge is 2.65. The van der Waals surface area contributed by atoms with Crippen molar-refractivity contribution in [1.29, 1.82) is 0 Å². The van der Waals surface area contributed by atoms with Gasteiger partial charge in [-0.1, -0.05) is 12.1 Å². The summed E-state index contributed by atoms with van der Waals surface area (Å²) in [6.45, 7) is 0. The molecule has 0 saturated heterocycles. The van der Waals surface area contributed by atoms with Crippen LogP contribution in [0.25, 0.3) is 10.9 Å². The standard InChI is InChI=1S/C12H9F3N2OS/c13-12(14,15)11(5-6-11)17-9(18)7-3-1-2-4-8(7)16-10(17)19/h1-4H,5-6H2,(H,16,19). The van der Waals surface area contributed by atoms with Crippen LogP contribution >= 0.6 is 12.2 Å². The monoisotopic (exact) mass is 286 g/mol. The van der Waals surface area contributed by atoms with Gasteiger partial charge in [-0.25, -0.2) is 0 Å². The number of aromatic amines is 1. The molecule has 1 aromatic carbocycles. The predicted molar refractivity (Wildman–Crippen MR) is 66.7 cm³/mol. The molecule has 1 aliphatic carbocycles. The first-order chi connectivity index (χ1) is 8.87. The molecule has 3 rings (SSSR count). The Morgan fingerprint density at radius 2 is 1.89 bits per heavy atom. The van der Waals surface area contributed by atoms with E-state index in [2.05, 4.69) is 4.98 Å². The molecule has 0 amide bonds. The summed E-state index contributed by atoms with van der Waals surface area (Å²) in [5.74, 6) is 0. The van der Waals surface area contributed by atoms with Crippen molar-refractivity contribution in [1.82, 2.24) is 9.55 Å². The van der Waals surface area contributed by atoms with E-state index in [1.54, 1.807) is 18.2 Å². The maximum absolute atomic E-state index is 13.1. The minimum atomic E-state index is -4.47. The molecule has 0 spiro atoms. The average Bonchev–Trinajstić information content (AvgIpc) is 3.10. The minimum Gasteiger partial charge on any atom is -0.332 e. The Morgan fingerprint density at radius 1 is 1.26 bits per heavy atom. The van der Waals surface area contributed by atoms with Crippen molar-refractivity contribution in [2.45, 2.75) is 24.6 Å². The van der Waals surface area contributed by atoms with Crippen molar-refractivity contribution < 1.29 is 13.2 Å². The largest absolute Gasteiger partial charge is 0.412 e. The Hall–Kier alpha value is -1.63. The van der Waals surface area contributed by atoms with E-state index in [4.69, 9.17) is 12.2 Å². The number of fused-ring (bicyclic) bond motifs is 1. The first-order valence-electron chi connectivity index (χ1n) is 5.68. The topological polar surface area (TPSA) is 37.8 Å². The number of hydrogen-bond acceptors (Lipinski definition) is 2. The molecule has 7 heteroatoms. The molecular weight excluding hydrogens is 277 g/mol. The summed E-state index contributed by atoms with van der Waals surface area (Å²) in [4.78, 5) is 15.0. The second-order valence-electron chi connectivity index (χ2n) is 4.65. The lowest BCUT2D eigenvalue weighted by atomic mass is 10.2. The zero-order valence-electron chi connectivity index (χ0n) is 9.62. The molecule has 1 saturated carbocycles. The van der Waals surface area contributed by atoms with Gasteiger partial charge < -0.3 is 4.98 Å². The second kappa shape index (κ2) is 3.69. The molecule has 1 heterocycles. The lowest BCUT2D eigenvalue weighted by Gasteiger charge is -2.22. The number of aromatic nitrogens is 2. The van der Waals surface area contributed by atoms with Crippen LogP contribution in [0.4, 0.5) is 13.2 Å². The van der Waals surface area contributed by atoms with Crippen molar-refractivity contribution in [3.05, 3.63) is 39.4 Å². The van der Waals surface area contributed by atoms with Crippen LogP contribution in [0, 0.1) is 4.77 Å². The number of H-pyrrole nitrogens is 1. The quantitative estimate of drug-likeness (QED) is 0.818. The molecule has 3 nitrogen and oxygen atoms in total.